The number of nitrogens with one attached hydrogen (secondary N) is 2. The molecule has 1 aromatic heterocycles. The summed E-state index contributed by atoms with van der Waals surface area (Å²) < 4.78 is 9.83. The van der Waals surface area contributed by atoms with Crippen LogP contribution in [0, 0.1) is 0 Å². The monoisotopic (exact) mass is 475 g/mol. The summed E-state index contributed by atoms with van der Waals surface area (Å²) in [5.41, 5.74) is -0.316. The molecule has 0 fully saturated rings. The van der Waals surface area contributed by atoms with E-state index >= 15 is 0 Å². The molecule has 1 heterocycles. The molecule has 2 N–H and O–H groups in total. The third-order valence-corrected chi connectivity index (χ3v) is 4.49. The first kappa shape index (κ1) is 25.8. The highest BCUT2D eigenvalue weighted by molar-refractivity contribution is 6.31. The first-order valence-electron chi connectivity index (χ1n) is 10.1. The number of aromatic nitrogens is 1. The second-order valence-electron chi connectivity index (χ2n) is 8.04. The number of amides is 2. The number of carbonyl (C=O) groups is 4. The van der Waals surface area contributed by atoms with Crippen molar-refractivity contribution in [3.05, 3.63) is 58.9 Å². The predicted molar refractivity (Wildman–Crippen MR) is 122 cm³/mol. The van der Waals surface area contributed by atoms with Gasteiger partial charge in [-0.25, -0.2) is 4.79 Å². The lowest BCUT2D eigenvalue weighted by molar-refractivity contribution is -0.140. The molecule has 0 aliphatic carbocycles. The van der Waals surface area contributed by atoms with Crippen LogP contribution in [0.2, 0.25) is 5.02 Å². The number of methoxy groups -OCH3 is 1. The van der Waals surface area contributed by atoms with Crippen LogP contribution in [0.3, 0.4) is 0 Å². The van der Waals surface area contributed by atoms with Crippen LogP contribution in [-0.2, 0) is 19.1 Å². The summed E-state index contributed by atoms with van der Waals surface area (Å²) >= 11 is 6.07. The molecule has 0 aliphatic rings. The molecule has 10 heteroatoms. The normalized spacial score (nSPS) is 11.8. The Kier molecular flexibility index (Phi) is 8.93. The van der Waals surface area contributed by atoms with Crippen LogP contribution in [0.15, 0.2) is 42.6 Å². The quantitative estimate of drug-likeness (QED) is 0.440. The molecule has 0 radical (unpaired) electrons. The molecule has 0 saturated heterocycles. The molecule has 2 aromatic rings. The zero-order valence-electron chi connectivity index (χ0n) is 18.8. The number of hydrogen-bond acceptors (Lipinski definition) is 7. The molecule has 0 aliphatic heterocycles. The van der Waals surface area contributed by atoms with Crippen molar-refractivity contribution >= 4 is 41.0 Å². The number of benzene rings is 1. The van der Waals surface area contributed by atoms with E-state index in [-0.39, 0.29) is 29.8 Å². The fraction of sp³-hybridized carbons (Fsp3) is 0.348. The average molecular weight is 476 g/mol. The van der Waals surface area contributed by atoms with Crippen LogP contribution >= 0.6 is 11.6 Å². The first-order chi connectivity index (χ1) is 15.5. The summed E-state index contributed by atoms with van der Waals surface area (Å²) in [6.45, 7) is 5.04. The zero-order valence-corrected chi connectivity index (χ0v) is 19.6. The Morgan fingerprint density at radius 2 is 1.85 bits per heavy atom. The molecule has 9 nitrogen and oxygen atoms in total. The van der Waals surface area contributed by atoms with Crippen LogP contribution in [-0.4, -0.2) is 47.5 Å². The van der Waals surface area contributed by atoms with E-state index in [0.717, 1.165) is 0 Å². The number of rotatable bonds is 8. The summed E-state index contributed by atoms with van der Waals surface area (Å²) in [6, 6.07) is 8.14. The van der Waals surface area contributed by atoms with Crippen molar-refractivity contribution in [1.82, 2.24) is 10.3 Å². The molecular weight excluding hydrogens is 450 g/mol. The SMILES string of the molecule is COC(=O)CCC(NC(=O)OC(C)(C)C)C(=O)Nc1ccc(Cl)cc1C(=O)c1ccccn1. The molecular formula is C23H26ClN3O6. The Labute approximate surface area is 196 Å². The second kappa shape index (κ2) is 11.4. The van der Waals surface area contributed by atoms with Crippen molar-refractivity contribution in [2.24, 2.45) is 0 Å². The summed E-state index contributed by atoms with van der Waals surface area (Å²) in [5, 5.41) is 5.38. The van der Waals surface area contributed by atoms with Gasteiger partial charge in [0.1, 0.15) is 17.3 Å². The number of halogens is 1. The van der Waals surface area contributed by atoms with Gasteiger partial charge in [-0.1, -0.05) is 17.7 Å². The van der Waals surface area contributed by atoms with Gasteiger partial charge >= 0.3 is 12.1 Å². The summed E-state index contributed by atoms with van der Waals surface area (Å²) in [7, 11) is 1.22. The van der Waals surface area contributed by atoms with Gasteiger partial charge in [-0.15, -0.1) is 0 Å². The standard InChI is InChI=1S/C23H26ClN3O6/c1-23(2,3)33-22(31)27-18(10-11-19(28)32-4)21(30)26-16-9-8-14(24)13-15(16)20(29)17-7-5-6-12-25-17/h5-9,12-13,18H,10-11H2,1-4H3,(H,26,30)(H,27,31). The van der Waals surface area contributed by atoms with Crippen LogP contribution in [0.25, 0.3) is 0 Å². The Bertz CT molecular complexity index is 1020. The topological polar surface area (TPSA) is 124 Å². The van der Waals surface area contributed by atoms with E-state index in [2.05, 4.69) is 20.4 Å². The van der Waals surface area contributed by atoms with Crippen LogP contribution in [0.1, 0.15) is 49.7 Å². The third kappa shape index (κ3) is 8.19. The van der Waals surface area contributed by atoms with Crippen molar-refractivity contribution in [3.8, 4) is 0 Å². The lowest BCUT2D eigenvalue weighted by Gasteiger charge is -2.23. The maximum atomic E-state index is 13.0. The minimum Gasteiger partial charge on any atom is -0.469 e. The highest BCUT2D eigenvalue weighted by atomic mass is 35.5. The zero-order chi connectivity index (χ0) is 24.6. The van der Waals surface area contributed by atoms with Crippen LogP contribution < -0.4 is 10.6 Å². The maximum absolute atomic E-state index is 13.0. The molecule has 1 atom stereocenters. The predicted octanol–water partition coefficient (Wildman–Crippen LogP) is 3.75. The third-order valence-electron chi connectivity index (χ3n) is 4.25. The molecule has 0 saturated carbocycles. The molecule has 0 bridgehead atoms. The minimum atomic E-state index is -1.13. The highest BCUT2D eigenvalue weighted by Crippen LogP contribution is 2.24. The summed E-state index contributed by atoms with van der Waals surface area (Å²) in [5.74, 6) is -1.64. The van der Waals surface area contributed by atoms with Gasteiger partial charge < -0.3 is 20.1 Å². The number of anilines is 1. The highest BCUT2D eigenvalue weighted by Gasteiger charge is 2.26. The second-order valence-corrected chi connectivity index (χ2v) is 8.47. The van der Waals surface area contributed by atoms with E-state index in [1.54, 1.807) is 32.9 Å². The summed E-state index contributed by atoms with van der Waals surface area (Å²) in [6.07, 6.45) is 0.483. The van der Waals surface area contributed by atoms with Crippen LogP contribution in [0.5, 0.6) is 0 Å². The lowest BCUT2D eigenvalue weighted by atomic mass is 10.0. The number of pyridine rings is 1. The minimum absolute atomic E-state index is 0.0468. The number of alkyl carbamates (subject to hydrolysis) is 1. The molecule has 0 spiro atoms. The molecule has 2 rings (SSSR count). The van der Waals surface area contributed by atoms with E-state index in [9.17, 15) is 19.2 Å². The van der Waals surface area contributed by atoms with Gasteiger partial charge in [0.25, 0.3) is 0 Å². The molecule has 33 heavy (non-hydrogen) atoms. The number of ether oxygens (including phenoxy) is 2. The maximum Gasteiger partial charge on any atom is 0.408 e. The van der Waals surface area contributed by atoms with Gasteiger partial charge in [0.2, 0.25) is 11.7 Å². The lowest BCUT2D eigenvalue weighted by Crippen LogP contribution is -2.46. The Morgan fingerprint density at radius 1 is 1.12 bits per heavy atom. The van der Waals surface area contributed by atoms with E-state index in [4.69, 9.17) is 16.3 Å². The van der Waals surface area contributed by atoms with Crippen LogP contribution in [0.4, 0.5) is 10.5 Å². The van der Waals surface area contributed by atoms with Crippen molar-refractivity contribution in [2.45, 2.75) is 45.3 Å². The van der Waals surface area contributed by atoms with E-state index in [1.807, 2.05) is 0 Å². The Hall–Kier alpha value is -3.46. The number of hydrogen-bond donors (Lipinski definition) is 2. The largest absolute Gasteiger partial charge is 0.469 e. The number of esters is 1. The van der Waals surface area contributed by atoms with E-state index in [0.29, 0.717) is 5.02 Å². The molecule has 176 valence electrons. The Balaban J connectivity index is 2.27. The smallest absolute Gasteiger partial charge is 0.408 e. The molecule has 1 aromatic carbocycles. The fourth-order valence-electron chi connectivity index (χ4n) is 2.75. The van der Waals surface area contributed by atoms with E-state index < -0.39 is 35.4 Å². The molecule has 2 amide bonds. The number of nitrogens with zero attached hydrogens (tertiary/aromatic N) is 1. The first-order valence-corrected chi connectivity index (χ1v) is 10.5. The van der Waals surface area contributed by atoms with Crippen molar-refractivity contribution in [3.63, 3.8) is 0 Å². The number of ketones is 1. The van der Waals surface area contributed by atoms with Gasteiger partial charge in [-0.3, -0.25) is 19.4 Å². The van der Waals surface area contributed by atoms with Gasteiger partial charge in [-0.05, 0) is 57.5 Å². The average Bonchev–Trinajstić information content (AvgIpc) is 2.76. The van der Waals surface area contributed by atoms with Crippen molar-refractivity contribution in [1.29, 1.82) is 0 Å². The van der Waals surface area contributed by atoms with Gasteiger partial charge in [-0.2, -0.15) is 0 Å². The van der Waals surface area contributed by atoms with Crippen molar-refractivity contribution in [2.75, 3.05) is 12.4 Å². The number of carbonyl (C=O) groups excluding carboxylic acids is 4. The summed E-state index contributed by atoms with van der Waals surface area (Å²) in [4.78, 5) is 53.8. The van der Waals surface area contributed by atoms with Crippen molar-refractivity contribution < 1.29 is 28.7 Å². The fourth-order valence-corrected chi connectivity index (χ4v) is 2.92. The molecule has 1 unspecified atom stereocenters. The van der Waals surface area contributed by atoms with Gasteiger partial charge in [0.05, 0.1) is 12.8 Å². The van der Waals surface area contributed by atoms with E-state index in [1.165, 1.54) is 37.6 Å². The van der Waals surface area contributed by atoms with Gasteiger partial charge in [0, 0.05) is 23.2 Å². The Morgan fingerprint density at radius 3 is 2.45 bits per heavy atom. The van der Waals surface area contributed by atoms with Gasteiger partial charge in [0.15, 0.2) is 0 Å².